The highest BCUT2D eigenvalue weighted by molar-refractivity contribution is 6.01. The molecule has 4 atom stereocenters. The monoisotopic (exact) mass is 409 g/mol. The lowest BCUT2D eigenvalue weighted by atomic mass is 9.95. The van der Waals surface area contributed by atoms with Crippen LogP contribution in [0.2, 0.25) is 0 Å². The van der Waals surface area contributed by atoms with Crippen LogP contribution >= 0.6 is 0 Å². The van der Waals surface area contributed by atoms with Crippen LogP contribution in [0.3, 0.4) is 0 Å². The van der Waals surface area contributed by atoms with Crippen molar-refractivity contribution in [1.29, 1.82) is 0 Å². The zero-order valence-electron chi connectivity index (χ0n) is 17.1. The van der Waals surface area contributed by atoms with Crippen molar-refractivity contribution in [2.45, 2.75) is 50.8 Å². The number of aromatic amines is 1. The fourth-order valence-electron chi connectivity index (χ4n) is 5.38. The van der Waals surface area contributed by atoms with Crippen LogP contribution in [0.25, 0.3) is 10.9 Å². The highest BCUT2D eigenvalue weighted by Gasteiger charge is 2.52. The molecule has 3 fully saturated rings. The van der Waals surface area contributed by atoms with Crippen LogP contribution in [-0.2, 0) is 14.3 Å². The van der Waals surface area contributed by atoms with Crippen LogP contribution in [0.5, 0.6) is 0 Å². The van der Waals surface area contributed by atoms with E-state index in [1.54, 1.807) is 11.0 Å². The maximum absolute atomic E-state index is 13.6. The Morgan fingerprint density at radius 2 is 2.03 bits per heavy atom. The fourth-order valence-corrected chi connectivity index (χ4v) is 5.38. The summed E-state index contributed by atoms with van der Waals surface area (Å²) in [5.41, 5.74) is 1.41. The molecule has 30 heavy (non-hydrogen) atoms. The van der Waals surface area contributed by atoms with E-state index in [4.69, 9.17) is 4.74 Å². The van der Waals surface area contributed by atoms with Gasteiger partial charge in [-0.25, -0.2) is 0 Å². The van der Waals surface area contributed by atoms with Crippen molar-refractivity contribution in [3.63, 3.8) is 0 Å². The molecule has 2 aliphatic heterocycles. The van der Waals surface area contributed by atoms with Crippen LogP contribution in [0.4, 0.5) is 0 Å². The van der Waals surface area contributed by atoms with E-state index in [1.807, 2.05) is 31.3 Å². The largest absolute Gasteiger partial charge is 0.367 e. The van der Waals surface area contributed by atoms with E-state index in [9.17, 15) is 14.4 Å². The first-order chi connectivity index (χ1) is 14.5. The Hall–Kier alpha value is -2.67. The van der Waals surface area contributed by atoms with Crippen LogP contribution in [0.1, 0.15) is 43.0 Å². The van der Waals surface area contributed by atoms with Crippen molar-refractivity contribution in [2.75, 3.05) is 13.2 Å². The Labute approximate surface area is 175 Å². The molecule has 2 aromatic rings. The van der Waals surface area contributed by atoms with Gasteiger partial charge in [-0.3, -0.25) is 14.4 Å². The van der Waals surface area contributed by atoms with Crippen molar-refractivity contribution in [2.24, 2.45) is 11.8 Å². The zero-order chi connectivity index (χ0) is 20.8. The average Bonchev–Trinajstić information content (AvgIpc) is 3.52. The van der Waals surface area contributed by atoms with Gasteiger partial charge in [0, 0.05) is 29.7 Å². The van der Waals surface area contributed by atoms with Gasteiger partial charge in [-0.15, -0.1) is 0 Å². The summed E-state index contributed by atoms with van der Waals surface area (Å²) < 4.78 is 5.64. The topological polar surface area (TPSA) is 91.5 Å². The molecule has 0 bridgehead atoms. The van der Waals surface area contributed by atoms with Crippen LogP contribution < -0.4 is 5.32 Å². The third kappa shape index (κ3) is 3.21. The van der Waals surface area contributed by atoms with Crippen molar-refractivity contribution in [1.82, 2.24) is 15.2 Å². The average molecular weight is 409 g/mol. The highest BCUT2D eigenvalue weighted by Crippen LogP contribution is 2.35. The van der Waals surface area contributed by atoms with Gasteiger partial charge in [-0.2, -0.15) is 0 Å². The summed E-state index contributed by atoms with van der Waals surface area (Å²) in [6.45, 7) is 2.58. The summed E-state index contributed by atoms with van der Waals surface area (Å²) in [5, 5.41) is 4.06. The minimum atomic E-state index is -0.612. The van der Waals surface area contributed by atoms with Crippen molar-refractivity contribution in [3.8, 4) is 0 Å². The number of likely N-dealkylation sites (tertiary alicyclic amines) is 1. The summed E-state index contributed by atoms with van der Waals surface area (Å²) >= 11 is 0. The third-order valence-corrected chi connectivity index (χ3v) is 6.96. The Morgan fingerprint density at radius 1 is 1.23 bits per heavy atom. The first-order valence-corrected chi connectivity index (χ1v) is 10.9. The third-order valence-electron chi connectivity index (χ3n) is 6.96. The molecule has 1 aliphatic carbocycles. The number of nitrogens with one attached hydrogen (secondary N) is 2. The van der Waals surface area contributed by atoms with Gasteiger partial charge in [-0.1, -0.05) is 25.8 Å². The molecule has 2 N–H and O–H groups in total. The molecule has 158 valence electrons. The number of benzene rings is 1. The zero-order valence-corrected chi connectivity index (χ0v) is 17.1. The Balaban J connectivity index is 1.40. The summed E-state index contributed by atoms with van der Waals surface area (Å²) in [7, 11) is 0. The van der Waals surface area contributed by atoms with Crippen LogP contribution in [0.15, 0.2) is 30.5 Å². The van der Waals surface area contributed by atoms with Crippen molar-refractivity contribution >= 4 is 28.5 Å². The standard InChI is InChI=1S/C23H27N3O4/c1-13-11-26(20-18(27)12-30-21(13)20)23(29)19(15-4-2-3-5-15)25-22(28)16-7-6-14-8-9-24-17(14)10-16/h6-10,13,15,19-21,24H,2-5,11-12H2,1H3,(H,25,28)/t13?,19-,20+,21+/m0/s1. The van der Waals surface area contributed by atoms with E-state index in [-0.39, 0.29) is 42.1 Å². The highest BCUT2D eigenvalue weighted by atomic mass is 16.5. The normalized spacial score (nSPS) is 27.6. The Bertz CT molecular complexity index is 993. The lowest BCUT2D eigenvalue weighted by molar-refractivity contribution is -0.139. The van der Waals surface area contributed by atoms with E-state index in [0.717, 1.165) is 36.6 Å². The van der Waals surface area contributed by atoms with Gasteiger partial charge in [0.25, 0.3) is 5.91 Å². The number of ketones is 1. The number of H-pyrrole nitrogens is 1. The molecule has 2 amide bonds. The molecule has 3 heterocycles. The molecule has 5 rings (SSSR count). The van der Waals surface area contributed by atoms with E-state index < -0.39 is 12.1 Å². The number of carbonyl (C=O) groups excluding carboxylic acids is 3. The first-order valence-electron chi connectivity index (χ1n) is 10.9. The smallest absolute Gasteiger partial charge is 0.252 e. The van der Waals surface area contributed by atoms with Gasteiger partial charge in [0.1, 0.15) is 18.7 Å². The second-order valence-corrected chi connectivity index (χ2v) is 8.93. The molecule has 1 aromatic carbocycles. The number of ether oxygens (including phenoxy) is 1. The van der Waals surface area contributed by atoms with Gasteiger partial charge < -0.3 is 19.9 Å². The maximum Gasteiger partial charge on any atom is 0.252 e. The molecule has 1 unspecified atom stereocenters. The first kappa shape index (κ1) is 19.3. The number of aromatic nitrogens is 1. The SMILES string of the molecule is CC1CN(C(=O)[C@@H](NC(=O)c2ccc3cc[nH]c3c2)C2CCCC2)[C@@H]2C(=O)CO[C@H]12. The summed E-state index contributed by atoms with van der Waals surface area (Å²) in [4.78, 5) is 43.8. The van der Waals surface area contributed by atoms with E-state index >= 15 is 0 Å². The van der Waals surface area contributed by atoms with E-state index in [0.29, 0.717) is 12.1 Å². The number of fused-ring (bicyclic) bond motifs is 2. The minimum absolute atomic E-state index is 0.0357. The lowest BCUT2D eigenvalue weighted by Gasteiger charge is -2.30. The molecular formula is C23H27N3O4. The molecule has 2 saturated heterocycles. The molecule has 0 spiro atoms. The molecule has 7 nitrogen and oxygen atoms in total. The van der Waals surface area contributed by atoms with Gasteiger partial charge in [-0.05, 0) is 42.3 Å². The summed E-state index contributed by atoms with van der Waals surface area (Å²) in [5.74, 6) is -0.224. The number of Topliss-reactive ketones (excluding diaryl/α,β-unsaturated/α-hetero) is 1. The second-order valence-electron chi connectivity index (χ2n) is 8.93. The molecule has 3 aliphatic rings. The van der Waals surface area contributed by atoms with Gasteiger partial charge in [0.05, 0.1) is 6.10 Å². The van der Waals surface area contributed by atoms with Crippen LogP contribution in [0, 0.1) is 11.8 Å². The molecule has 0 radical (unpaired) electrons. The van der Waals surface area contributed by atoms with E-state index in [2.05, 4.69) is 10.3 Å². The predicted octanol–water partition coefficient (Wildman–Crippen LogP) is 2.27. The minimum Gasteiger partial charge on any atom is -0.367 e. The van der Waals surface area contributed by atoms with Gasteiger partial charge >= 0.3 is 0 Å². The number of rotatable bonds is 4. The van der Waals surface area contributed by atoms with Gasteiger partial charge in [0.15, 0.2) is 5.78 Å². The number of carbonyl (C=O) groups is 3. The quantitative estimate of drug-likeness (QED) is 0.810. The predicted molar refractivity (Wildman–Crippen MR) is 111 cm³/mol. The Kier molecular flexibility index (Phi) is 4.85. The molecule has 7 heteroatoms. The fraction of sp³-hybridized carbons (Fsp3) is 0.522. The van der Waals surface area contributed by atoms with Crippen LogP contribution in [-0.4, -0.2) is 58.8 Å². The number of nitrogens with zero attached hydrogens (tertiary/aromatic N) is 1. The second kappa shape index (κ2) is 7.54. The van der Waals surface area contributed by atoms with Crippen molar-refractivity contribution < 1.29 is 19.1 Å². The summed E-state index contributed by atoms with van der Waals surface area (Å²) in [6, 6.07) is 6.32. The maximum atomic E-state index is 13.6. The summed E-state index contributed by atoms with van der Waals surface area (Å²) in [6.07, 6.45) is 5.55. The number of hydrogen-bond donors (Lipinski definition) is 2. The molecule has 1 aromatic heterocycles. The molecule has 1 saturated carbocycles. The molecular weight excluding hydrogens is 382 g/mol. The Morgan fingerprint density at radius 3 is 2.83 bits per heavy atom. The van der Waals surface area contributed by atoms with Crippen molar-refractivity contribution in [3.05, 3.63) is 36.0 Å². The lowest BCUT2D eigenvalue weighted by Crippen LogP contribution is -2.54. The number of hydrogen-bond acceptors (Lipinski definition) is 4. The van der Waals surface area contributed by atoms with Gasteiger partial charge in [0.2, 0.25) is 5.91 Å². The van der Waals surface area contributed by atoms with E-state index in [1.165, 1.54) is 0 Å². The number of amides is 2.